The monoisotopic (exact) mass is 286 g/mol. The molecule has 1 atom stereocenters. The lowest BCUT2D eigenvalue weighted by molar-refractivity contribution is 0.0604. The van der Waals surface area contributed by atoms with Crippen molar-refractivity contribution in [3.63, 3.8) is 0 Å². The van der Waals surface area contributed by atoms with Crippen LogP contribution in [0.25, 0.3) is 0 Å². The van der Waals surface area contributed by atoms with Crippen molar-refractivity contribution in [1.29, 1.82) is 0 Å². The largest absolute Gasteiger partial charge is 0.487 e. The number of rotatable bonds is 2. The molecule has 1 N–H and O–H groups in total. The number of carboxylic acids is 1. The van der Waals surface area contributed by atoms with E-state index in [0.717, 1.165) is 11.3 Å². The first-order valence-electron chi connectivity index (χ1n) is 6.94. The highest BCUT2D eigenvalue weighted by Gasteiger charge is 2.36. The normalized spacial score (nSPS) is 19.7. The Labute approximate surface area is 123 Å². The van der Waals surface area contributed by atoms with Crippen molar-refractivity contribution in [2.75, 3.05) is 0 Å². The molecule has 0 spiro atoms. The van der Waals surface area contributed by atoms with E-state index in [1.54, 1.807) is 4.57 Å². The summed E-state index contributed by atoms with van der Waals surface area (Å²) >= 11 is 0. The van der Waals surface area contributed by atoms with Crippen molar-refractivity contribution in [1.82, 2.24) is 9.55 Å². The number of fused-ring (bicyclic) bond motifs is 1. The van der Waals surface area contributed by atoms with Gasteiger partial charge in [0.2, 0.25) is 0 Å². The number of hydrogen-bond donors (Lipinski definition) is 1. The van der Waals surface area contributed by atoms with E-state index < -0.39 is 5.97 Å². The van der Waals surface area contributed by atoms with E-state index in [1.165, 1.54) is 6.20 Å². The molecule has 21 heavy (non-hydrogen) atoms. The summed E-state index contributed by atoms with van der Waals surface area (Å²) in [6, 6.07) is 7.70. The Morgan fingerprint density at radius 1 is 1.43 bits per heavy atom. The van der Waals surface area contributed by atoms with Crippen molar-refractivity contribution in [2.24, 2.45) is 0 Å². The Bertz CT molecular complexity index is 703. The van der Waals surface area contributed by atoms with Crippen molar-refractivity contribution >= 4 is 5.97 Å². The van der Waals surface area contributed by atoms with Gasteiger partial charge < -0.3 is 14.4 Å². The van der Waals surface area contributed by atoms with Crippen LogP contribution in [0.1, 0.15) is 48.2 Å². The van der Waals surface area contributed by atoms with Crippen LogP contribution in [0.4, 0.5) is 0 Å². The summed E-state index contributed by atoms with van der Waals surface area (Å²) in [6.45, 7) is 5.86. The SMILES string of the molecule is Cc1ncc(C(=O)O)n1C1CC(C)(C)Oc2ccccc21. The van der Waals surface area contributed by atoms with Gasteiger partial charge in [0, 0.05) is 12.0 Å². The molecule has 1 unspecified atom stereocenters. The maximum absolute atomic E-state index is 11.5. The minimum Gasteiger partial charge on any atom is -0.487 e. The molecule has 0 amide bonds. The number of benzene rings is 1. The first kappa shape index (κ1) is 13.7. The zero-order valence-corrected chi connectivity index (χ0v) is 12.3. The Morgan fingerprint density at radius 3 is 2.86 bits per heavy atom. The molecule has 0 saturated carbocycles. The fourth-order valence-electron chi connectivity index (χ4n) is 3.00. The number of hydrogen-bond acceptors (Lipinski definition) is 3. The van der Waals surface area contributed by atoms with Crippen molar-refractivity contribution < 1.29 is 14.6 Å². The smallest absolute Gasteiger partial charge is 0.354 e. The van der Waals surface area contributed by atoms with E-state index >= 15 is 0 Å². The zero-order chi connectivity index (χ0) is 15.2. The first-order valence-corrected chi connectivity index (χ1v) is 6.94. The molecule has 2 aromatic rings. The van der Waals surface area contributed by atoms with Gasteiger partial charge in [-0.25, -0.2) is 9.78 Å². The van der Waals surface area contributed by atoms with Crippen LogP contribution < -0.4 is 4.74 Å². The zero-order valence-electron chi connectivity index (χ0n) is 12.3. The summed E-state index contributed by atoms with van der Waals surface area (Å²) in [5, 5.41) is 9.40. The first-order chi connectivity index (χ1) is 9.89. The molecule has 2 heterocycles. The maximum Gasteiger partial charge on any atom is 0.354 e. The third kappa shape index (κ3) is 2.28. The lowest BCUT2D eigenvalue weighted by Gasteiger charge is -2.38. The van der Waals surface area contributed by atoms with E-state index in [2.05, 4.69) is 4.98 Å². The predicted molar refractivity (Wildman–Crippen MR) is 77.8 cm³/mol. The van der Waals surface area contributed by atoms with E-state index in [4.69, 9.17) is 4.74 Å². The van der Waals surface area contributed by atoms with Gasteiger partial charge in [-0.2, -0.15) is 0 Å². The van der Waals surface area contributed by atoms with E-state index in [0.29, 0.717) is 12.2 Å². The maximum atomic E-state index is 11.5. The minimum atomic E-state index is -0.961. The molecular formula is C16H18N2O3. The Kier molecular flexibility index (Phi) is 3.01. The van der Waals surface area contributed by atoms with Crippen LogP contribution in [-0.4, -0.2) is 26.2 Å². The van der Waals surface area contributed by atoms with Crippen LogP contribution in [0.2, 0.25) is 0 Å². The van der Waals surface area contributed by atoms with Gasteiger partial charge in [0.25, 0.3) is 0 Å². The Hall–Kier alpha value is -2.30. The summed E-state index contributed by atoms with van der Waals surface area (Å²) in [7, 11) is 0. The molecule has 0 saturated heterocycles. The van der Waals surface area contributed by atoms with E-state index in [9.17, 15) is 9.90 Å². The van der Waals surface area contributed by atoms with Gasteiger partial charge in [-0.05, 0) is 26.8 Å². The van der Waals surface area contributed by atoms with Crippen LogP contribution in [0.15, 0.2) is 30.5 Å². The van der Waals surface area contributed by atoms with Crippen LogP contribution in [0.3, 0.4) is 0 Å². The molecule has 5 nitrogen and oxygen atoms in total. The van der Waals surface area contributed by atoms with E-state index in [-0.39, 0.29) is 17.3 Å². The molecule has 1 aliphatic rings. The molecule has 3 rings (SSSR count). The topological polar surface area (TPSA) is 64.3 Å². The summed E-state index contributed by atoms with van der Waals surface area (Å²) in [5.41, 5.74) is 0.858. The fourth-order valence-corrected chi connectivity index (χ4v) is 3.00. The summed E-state index contributed by atoms with van der Waals surface area (Å²) < 4.78 is 7.80. The Balaban J connectivity index is 2.19. The summed E-state index contributed by atoms with van der Waals surface area (Å²) in [6.07, 6.45) is 2.12. The van der Waals surface area contributed by atoms with Crippen molar-refractivity contribution in [2.45, 2.75) is 38.8 Å². The summed E-state index contributed by atoms with van der Waals surface area (Å²) in [5.74, 6) is 0.547. The number of aryl methyl sites for hydroxylation is 1. The van der Waals surface area contributed by atoms with Crippen molar-refractivity contribution in [3.05, 3.63) is 47.5 Å². The molecular weight excluding hydrogens is 268 g/mol. The number of carbonyl (C=O) groups is 1. The number of ether oxygens (including phenoxy) is 1. The average Bonchev–Trinajstić information content (AvgIpc) is 2.78. The Morgan fingerprint density at radius 2 is 2.14 bits per heavy atom. The highest BCUT2D eigenvalue weighted by Crippen LogP contribution is 2.42. The molecule has 0 aliphatic carbocycles. The number of aromatic nitrogens is 2. The molecule has 1 aromatic carbocycles. The fraction of sp³-hybridized carbons (Fsp3) is 0.375. The summed E-state index contributed by atoms with van der Waals surface area (Å²) in [4.78, 5) is 15.6. The third-order valence-corrected chi connectivity index (χ3v) is 3.86. The third-order valence-electron chi connectivity index (χ3n) is 3.86. The predicted octanol–water partition coefficient (Wildman–Crippen LogP) is 3.04. The van der Waals surface area contributed by atoms with Gasteiger partial charge in [-0.15, -0.1) is 0 Å². The molecule has 110 valence electrons. The lowest BCUT2D eigenvalue weighted by Crippen LogP contribution is -2.37. The quantitative estimate of drug-likeness (QED) is 0.921. The molecule has 0 radical (unpaired) electrons. The second kappa shape index (κ2) is 4.62. The standard InChI is InChI=1S/C16H18N2O3/c1-10-17-9-13(15(19)20)18(10)12-8-16(2,3)21-14-7-5-4-6-11(12)14/h4-7,9,12H,8H2,1-3H3,(H,19,20). The van der Waals surface area contributed by atoms with Gasteiger partial charge in [0.05, 0.1) is 12.2 Å². The molecule has 5 heteroatoms. The highest BCUT2D eigenvalue weighted by atomic mass is 16.5. The van der Waals surface area contributed by atoms with Gasteiger partial charge in [0.1, 0.15) is 22.9 Å². The number of para-hydroxylation sites is 1. The second-order valence-electron chi connectivity index (χ2n) is 5.99. The molecule has 1 aliphatic heterocycles. The van der Waals surface area contributed by atoms with Gasteiger partial charge in [0.15, 0.2) is 0 Å². The average molecular weight is 286 g/mol. The molecule has 1 aromatic heterocycles. The van der Waals surface area contributed by atoms with Gasteiger partial charge in [-0.3, -0.25) is 0 Å². The van der Waals surface area contributed by atoms with Gasteiger partial charge in [-0.1, -0.05) is 18.2 Å². The van der Waals surface area contributed by atoms with Crippen LogP contribution in [-0.2, 0) is 0 Å². The molecule has 0 bridgehead atoms. The van der Waals surface area contributed by atoms with Crippen LogP contribution in [0, 0.1) is 6.92 Å². The number of imidazole rings is 1. The number of aromatic carboxylic acids is 1. The van der Waals surface area contributed by atoms with Crippen LogP contribution in [0.5, 0.6) is 5.75 Å². The second-order valence-corrected chi connectivity index (χ2v) is 5.99. The van der Waals surface area contributed by atoms with Crippen molar-refractivity contribution in [3.8, 4) is 5.75 Å². The minimum absolute atomic E-state index is 0.0847. The van der Waals surface area contributed by atoms with E-state index in [1.807, 2.05) is 45.0 Å². The highest BCUT2D eigenvalue weighted by molar-refractivity contribution is 5.85. The lowest BCUT2D eigenvalue weighted by atomic mass is 9.89. The van der Waals surface area contributed by atoms with Crippen LogP contribution >= 0.6 is 0 Å². The molecule has 0 fully saturated rings. The van der Waals surface area contributed by atoms with Gasteiger partial charge >= 0.3 is 5.97 Å². The number of nitrogens with zero attached hydrogens (tertiary/aromatic N) is 2. The number of carboxylic acid groups (broad SMARTS) is 1.